The van der Waals surface area contributed by atoms with Gasteiger partial charge >= 0.3 is 0 Å². The van der Waals surface area contributed by atoms with Gasteiger partial charge in [0.15, 0.2) is 0 Å². The SMILES string of the molecule is C/C(N)=C(/C)c1nc2ccccc2s1. The molecule has 72 valence electrons. The van der Waals surface area contributed by atoms with E-state index in [4.69, 9.17) is 5.73 Å². The van der Waals surface area contributed by atoms with Crippen molar-refractivity contribution >= 4 is 27.1 Å². The van der Waals surface area contributed by atoms with Gasteiger partial charge in [-0.2, -0.15) is 0 Å². The van der Waals surface area contributed by atoms with Crippen LogP contribution in [-0.2, 0) is 0 Å². The Kier molecular flexibility index (Phi) is 2.25. The Morgan fingerprint density at radius 3 is 2.64 bits per heavy atom. The molecule has 3 heteroatoms. The highest BCUT2D eigenvalue weighted by Crippen LogP contribution is 2.27. The highest BCUT2D eigenvalue weighted by Gasteiger charge is 2.05. The van der Waals surface area contributed by atoms with Crippen molar-refractivity contribution in [2.45, 2.75) is 13.8 Å². The molecule has 0 fully saturated rings. The van der Waals surface area contributed by atoms with Crippen LogP contribution in [0.25, 0.3) is 15.8 Å². The number of hydrogen-bond acceptors (Lipinski definition) is 3. The molecule has 1 heterocycles. The van der Waals surface area contributed by atoms with Crippen LogP contribution in [0.3, 0.4) is 0 Å². The highest BCUT2D eigenvalue weighted by atomic mass is 32.1. The number of benzene rings is 1. The third kappa shape index (κ3) is 1.51. The van der Waals surface area contributed by atoms with Gasteiger partial charge in [0.2, 0.25) is 0 Å². The van der Waals surface area contributed by atoms with Crippen LogP contribution in [-0.4, -0.2) is 4.98 Å². The first-order valence-electron chi connectivity index (χ1n) is 4.47. The van der Waals surface area contributed by atoms with Crippen molar-refractivity contribution in [3.63, 3.8) is 0 Å². The second kappa shape index (κ2) is 3.42. The summed E-state index contributed by atoms with van der Waals surface area (Å²) in [5.41, 5.74) is 8.70. The van der Waals surface area contributed by atoms with Crippen molar-refractivity contribution in [2.75, 3.05) is 0 Å². The second-order valence-corrected chi connectivity index (χ2v) is 4.33. The fourth-order valence-electron chi connectivity index (χ4n) is 1.20. The van der Waals surface area contributed by atoms with E-state index in [1.165, 1.54) is 4.70 Å². The molecular weight excluding hydrogens is 192 g/mol. The third-order valence-corrected chi connectivity index (χ3v) is 3.36. The van der Waals surface area contributed by atoms with Crippen LogP contribution in [0.15, 0.2) is 30.0 Å². The van der Waals surface area contributed by atoms with E-state index in [1.807, 2.05) is 32.0 Å². The lowest BCUT2D eigenvalue weighted by Crippen LogP contribution is -1.94. The highest BCUT2D eigenvalue weighted by molar-refractivity contribution is 7.19. The van der Waals surface area contributed by atoms with Gasteiger partial charge in [-0.15, -0.1) is 11.3 Å². The molecule has 0 atom stereocenters. The van der Waals surface area contributed by atoms with Crippen molar-refractivity contribution in [3.8, 4) is 0 Å². The molecule has 2 nitrogen and oxygen atoms in total. The number of aromatic nitrogens is 1. The second-order valence-electron chi connectivity index (χ2n) is 3.29. The maximum Gasteiger partial charge on any atom is 0.121 e. The van der Waals surface area contributed by atoms with Crippen molar-refractivity contribution in [3.05, 3.63) is 35.0 Å². The first kappa shape index (κ1) is 9.21. The number of hydrogen-bond donors (Lipinski definition) is 1. The molecule has 0 saturated carbocycles. The average Bonchev–Trinajstić information content (AvgIpc) is 2.59. The Balaban J connectivity index is 2.61. The van der Waals surface area contributed by atoms with Gasteiger partial charge in [0.1, 0.15) is 5.01 Å². The van der Waals surface area contributed by atoms with E-state index in [2.05, 4.69) is 11.1 Å². The number of thiazole rings is 1. The Bertz CT molecular complexity index is 460. The van der Waals surface area contributed by atoms with E-state index < -0.39 is 0 Å². The van der Waals surface area contributed by atoms with E-state index in [9.17, 15) is 0 Å². The van der Waals surface area contributed by atoms with Gasteiger partial charge in [-0.1, -0.05) is 12.1 Å². The molecule has 0 amide bonds. The van der Waals surface area contributed by atoms with Crippen LogP contribution in [0.4, 0.5) is 0 Å². The molecule has 2 rings (SSSR count). The number of rotatable bonds is 1. The van der Waals surface area contributed by atoms with E-state index >= 15 is 0 Å². The van der Waals surface area contributed by atoms with E-state index in [0.717, 1.165) is 21.8 Å². The lowest BCUT2D eigenvalue weighted by Gasteiger charge is -1.96. The summed E-state index contributed by atoms with van der Waals surface area (Å²) in [6.45, 7) is 3.91. The summed E-state index contributed by atoms with van der Waals surface area (Å²) in [5, 5.41) is 1.02. The van der Waals surface area contributed by atoms with Gasteiger partial charge < -0.3 is 5.73 Å². The molecule has 2 aromatic rings. The number of nitrogens with two attached hydrogens (primary N) is 1. The molecule has 1 aromatic heterocycles. The fraction of sp³-hybridized carbons (Fsp3) is 0.182. The zero-order chi connectivity index (χ0) is 10.1. The summed E-state index contributed by atoms with van der Waals surface area (Å²) in [7, 11) is 0. The molecule has 2 N–H and O–H groups in total. The van der Waals surface area contributed by atoms with Gasteiger partial charge in [0.25, 0.3) is 0 Å². The quantitative estimate of drug-likeness (QED) is 0.775. The smallest absolute Gasteiger partial charge is 0.121 e. The van der Waals surface area contributed by atoms with Gasteiger partial charge in [-0.05, 0) is 26.0 Å². The number of fused-ring (bicyclic) bond motifs is 1. The van der Waals surface area contributed by atoms with Crippen LogP contribution in [0.1, 0.15) is 18.9 Å². The predicted octanol–water partition coefficient (Wildman–Crippen LogP) is 3.01. The van der Waals surface area contributed by atoms with Crippen LogP contribution in [0, 0.1) is 0 Å². The summed E-state index contributed by atoms with van der Waals surface area (Å²) in [6, 6.07) is 8.13. The average molecular weight is 204 g/mol. The largest absolute Gasteiger partial charge is 0.402 e. The monoisotopic (exact) mass is 204 g/mol. The van der Waals surface area contributed by atoms with Crippen molar-refractivity contribution in [2.24, 2.45) is 5.73 Å². The van der Waals surface area contributed by atoms with Gasteiger partial charge in [0, 0.05) is 11.3 Å². The minimum absolute atomic E-state index is 0.837. The van der Waals surface area contributed by atoms with E-state index in [-0.39, 0.29) is 0 Å². The molecule has 0 aliphatic carbocycles. The fourth-order valence-corrected chi connectivity index (χ4v) is 2.23. The Morgan fingerprint density at radius 2 is 2.00 bits per heavy atom. The molecule has 14 heavy (non-hydrogen) atoms. The molecule has 0 aliphatic heterocycles. The van der Waals surface area contributed by atoms with Gasteiger partial charge in [0.05, 0.1) is 10.2 Å². The maximum atomic E-state index is 5.74. The summed E-state index contributed by atoms with van der Waals surface area (Å²) in [5.74, 6) is 0. The molecule has 0 radical (unpaired) electrons. The zero-order valence-electron chi connectivity index (χ0n) is 8.24. The third-order valence-electron chi connectivity index (χ3n) is 2.21. The first-order chi connectivity index (χ1) is 6.68. The van der Waals surface area contributed by atoms with E-state index in [0.29, 0.717) is 0 Å². The van der Waals surface area contributed by atoms with Crippen LogP contribution < -0.4 is 5.73 Å². The first-order valence-corrected chi connectivity index (χ1v) is 5.29. The standard InChI is InChI=1S/C11H12N2S/c1-7(8(2)12)11-13-9-5-3-4-6-10(9)14-11/h3-6H,12H2,1-2H3/b8-7+. The molecule has 0 bridgehead atoms. The lowest BCUT2D eigenvalue weighted by atomic mass is 10.2. The minimum Gasteiger partial charge on any atom is -0.402 e. The minimum atomic E-state index is 0.837. The molecule has 0 unspecified atom stereocenters. The van der Waals surface area contributed by atoms with Crippen molar-refractivity contribution < 1.29 is 0 Å². The Morgan fingerprint density at radius 1 is 1.29 bits per heavy atom. The number of allylic oxidation sites excluding steroid dienone is 2. The normalized spacial score (nSPS) is 13.0. The molecule has 0 saturated heterocycles. The molecular formula is C11H12N2S. The van der Waals surface area contributed by atoms with Crippen LogP contribution in [0.2, 0.25) is 0 Å². The van der Waals surface area contributed by atoms with Crippen LogP contribution >= 0.6 is 11.3 Å². The number of nitrogens with zero attached hydrogens (tertiary/aromatic N) is 1. The predicted molar refractivity (Wildman–Crippen MR) is 62.1 cm³/mol. The Labute approximate surface area is 87.1 Å². The van der Waals surface area contributed by atoms with Crippen LogP contribution in [0.5, 0.6) is 0 Å². The summed E-state index contributed by atoms with van der Waals surface area (Å²) < 4.78 is 1.21. The number of para-hydroxylation sites is 1. The van der Waals surface area contributed by atoms with Crippen molar-refractivity contribution in [1.82, 2.24) is 4.98 Å². The topological polar surface area (TPSA) is 38.9 Å². The van der Waals surface area contributed by atoms with Gasteiger partial charge in [-0.3, -0.25) is 0 Å². The molecule has 1 aromatic carbocycles. The van der Waals surface area contributed by atoms with Gasteiger partial charge in [-0.25, -0.2) is 4.98 Å². The lowest BCUT2D eigenvalue weighted by molar-refractivity contribution is 1.28. The summed E-state index contributed by atoms with van der Waals surface area (Å²) in [4.78, 5) is 4.51. The maximum absolute atomic E-state index is 5.74. The van der Waals surface area contributed by atoms with Crippen molar-refractivity contribution in [1.29, 1.82) is 0 Å². The molecule has 0 aliphatic rings. The zero-order valence-corrected chi connectivity index (χ0v) is 9.06. The summed E-state index contributed by atoms with van der Waals surface area (Å²) >= 11 is 1.68. The van der Waals surface area contributed by atoms with E-state index in [1.54, 1.807) is 11.3 Å². The Hall–Kier alpha value is -1.35. The molecule has 0 spiro atoms. The summed E-state index contributed by atoms with van der Waals surface area (Å²) in [6.07, 6.45) is 0.